The predicted octanol–water partition coefficient (Wildman–Crippen LogP) is 1.71. The Kier molecular flexibility index (Phi) is 2.66. The standard InChI is InChI=1S/C12H12N2O3S/c15-11(16)7-1-2-10-9(5-7)13-12(17)14(10)8-3-4-18-6-8/h1-2,5,8H,3-4,6H2,(H,13,17)(H,15,16). The quantitative estimate of drug-likeness (QED) is 0.865. The van der Waals surface area contributed by atoms with Gasteiger partial charge in [-0.1, -0.05) is 0 Å². The van der Waals surface area contributed by atoms with Crippen LogP contribution in [0.1, 0.15) is 22.8 Å². The number of hydrogen-bond acceptors (Lipinski definition) is 3. The zero-order valence-corrected chi connectivity index (χ0v) is 10.4. The fraction of sp³-hybridized carbons (Fsp3) is 0.333. The molecule has 0 amide bonds. The van der Waals surface area contributed by atoms with E-state index in [1.165, 1.54) is 12.1 Å². The maximum atomic E-state index is 12.0. The van der Waals surface area contributed by atoms with Gasteiger partial charge < -0.3 is 10.1 Å². The fourth-order valence-electron chi connectivity index (χ4n) is 2.35. The smallest absolute Gasteiger partial charge is 0.335 e. The van der Waals surface area contributed by atoms with Crippen molar-refractivity contribution in [1.29, 1.82) is 0 Å². The van der Waals surface area contributed by atoms with Crippen molar-refractivity contribution in [2.75, 3.05) is 11.5 Å². The summed E-state index contributed by atoms with van der Waals surface area (Å²) >= 11 is 1.84. The summed E-state index contributed by atoms with van der Waals surface area (Å²) in [6, 6.07) is 4.97. The molecule has 0 saturated carbocycles. The second-order valence-corrected chi connectivity index (χ2v) is 5.50. The van der Waals surface area contributed by atoms with Crippen LogP contribution in [0.2, 0.25) is 0 Å². The summed E-state index contributed by atoms with van der Waals surface area (Å²) in [5, 5.41) is 8.93. The van der Waals surface area contributed by atoms with E-state index in [1.807, 2.05) is 11.8 Å². The Bertz CT molecular complexity index is 668. The van der Waals surface area contributed by atoms with Gasteiger partial charge in [0, 0.05) is 11.8 Å². The number of aromatic nitrogens is 2. The van der Waals surface area contributed by atoms with Crippen molar-refractivity contribution in [3.63, 3.8) is 0 Å². The van der Waals surface area contributed by atoms with Crippen LogP contribution in [0.5, 0.6) is 0 Å². The second kappa shape index (κ2) is 4.20. The Morgan fingerprint density at radius 3 is 3.00 bits per heavy atom. The van der Waals surface area contributed by atoms with Gasteiger partial charge in [-0.05, 0) is 30.4 Å². The second-order valence-electron chi connectivity index (χ2n) is 4.35. The number of carboxylic acids is 1. The van der Waals surface area contributed by atoms with Gasteiger partial charge in [0.05, 0.1) is 16.6 Å². The third-order valence-electron chi connectivity index (χ3n) is 3.23. The molecule has 0 bridgehead atoms. The summed E-state index contributed by atoms with van der Waals surface area (Å²) in [5.41, 5.74) is 1.42. The Hall–Kier alpha value is -1.69. The van der Waals surface area contributed by atoms with Crippen LogP contribution in [-0.4, -0.2) is 32.1 Å². The molecule has 3 rings (SSSR count). The van der Waals surface area contributed by atoms with E-state index in [0.717, 1.165) is 23.4 Å². The molecular weight excluding hydrogens is 252 g/mol. The topological polar surface area (TPSA) is 75.1 Å². The molecular formula is C12H12N2O3S. The molecule has 6 heteroatoms. The lowest BCUT2D eigenvalue weighted by Crippen LogP contribution is -2.21. The molecule has 1 aromatic heterocycles. The van der Waals surface area contributed by atoms with Gasteiger partial charge in [0.2, 0.25) is 0 Å². The summed E-state index contributed by atoms with van der Waals surface area (Å²) in [6.07, 6.45) is 0.984. The highest BCUT2D eigenvalue weighted by Gasteiger charge is 2.21. The van der Waals surface area contributed by atoms with Crippen LogP contribution in [-0.2, 0) is 0 Å². The van der Waals surface area contributed by atoms with Gasteiger partial charge in [0.25, 0.3) is 0 Å². The number of nitrogens with zero attached hydrogens (tertiary/aromatic N) is 1. The molecule has 1 unspecified atom stereocenters. The number of thioether (sulfide) groups is 1. The first-order valence-corrected chi connectivity index (χ1v) is 6.87. The number of aromatic amines is 1. The Morgan fingerprint density at radius 2 is 2.33 bits per heavy atom. The summed E-state index contributed by atoms with van der Waals surface area (Å²) < 4.78 is 1.75. The molecule has 18 heavy (non-hydrogen) atoms. The van der Waals surface area contributed by atoms with E-state index in [0.29, 0.717) is 5.52 Å². The lowest BCUT2D eigenvalue weighted by Gasteiger charge is -2.10. The summed E-state index contributed by atoms with van der Waals surface area (Å²) in [4.78, 5) is 25.6. The van der Waals surface area contributed by atoms with E-state index in [9.17, 15) is 9.59 Å². The van der Waals surface area contributed by atoms with E-state index in [-0.39, 0.29) is 17.3 Å². The molecule has 0 aliphatic carbocycles. The van der Waals surface area contributed by atoms with E-state index in [1.54, 1.807) is 10.6 Å². The first kappa shape index (κ1) is 11.4. The third-order valence-corrected chi connectivity index (χ3v) is 4.38. The van der Waals surface area contributed by atoms with Crippen LogP contribution >= 0.6 is 11.8 Å². The van der Waals surface area contributed by atoms with Gasteiger partial charge >= 0.3 is 11.7 Å². The first-order valence-electron chi connectivity index (χ1n) is 5.72. The maximum absolute atomic E-state index is 12.0. The maximum Gasteiger partial charge on any atom is 0.335 e. The Morgan fingerprint density at radius 1 is 1.50 bits per heavy atom. The highest BCUT2D eigenvalue weighted by atomic mass is 32.2. The normalized spacial score (nSPS) is 19.4. The van der Waals surface area contributed by atoms with Gasteiger partial charge in [0.1, 0.15) is 0 Å². The van der Waals surface area contributed by atoms with Gasteiger partial charge in [-0.3, -0.25) is 4.57 Å². The van der Waals surface area contributed by atoms with E-state index >= 15 is 0 Å². The van der Waals surface area contributed by atoms with Crippen molar-refractivity contribution in [3.05, 3.63) is 34.2 Å². The Balaban J connectivity index is 2.18. The number of benzene rings is 1. The van der Waals surface area contributed by atoms with Crippen molar-refractivity contribution < 1.29 is 9.90 Å². The summed E-state index contributed by atoms with van der Waals surface area (Å²) in [5.74, 6) is 1.02. The first-order chi connectivity index (χ1) is 8.66. The minimum atomic E-state index is -0.984. The Labute approximate surface area is 107 Å². The third kappa shape index (κ3) is 1.73. The molecule has 1 aromatic carbocycles. The molecule has 1 aliphatic heterocycles. The van der Waals surface area contributed by atoms with Crippen LogP contribution in [0.15, 0.2) is 23.0 Å². The highest BCUT2D eigenvalue weighted by Crippen LogP contribution is 2.29. The number of H-pyrrole nitrogens is 1. The number of carboxylic acid groups (broad SMARTS) is 1. The van der Waals surface area contributed by atoms with Gasteiger partial charge in [0.15, 0.2) is 0 Å². The molecule has 0 spiro atoms. The number of rotatable bonds is 2. The van der Waals surface area contributed by atoms with Crippen molar-refractivity contribution in [2.24, 2.45) is 0 Å². The lowest BCUT2D eigenvalue weighted by molar-refractivity contribution is 0.0697. The monoisotopic (exact) mass is 264 g/mol. The molecule has 2 N–H and O–H groups in total. The number of aromatic carboxylic acids is 1. The molecule has 0 radical (unpaired) electrons. The predicted molar refractivity (Wildman–Crippen MR) is 70.5 cm³/mol. The minimum absolute atomic E-state index is 0.153. The van der Waals surface area contributed by atoms with Gasteiger partial charge in [-0.2, -0.15) is 11.8 Å². The molecule has 1 fully saturated rings. The molecule has 94 valence electrons. The van der Waals surface area contributed by atoms with Crippen molar-refractivity contribution in [2.45, 2.75) is 12.5 Å². The van der Waals surface area contributed by atoms with E-state index in [4.69, 9.17) is 5.11 Å². The lowest BCUT2D eigenvalue weighted by atomic mass is 10.2. The molecule has 5 nitrogen and oxygen atoms in total. The van der Waals surface area contributed by atoms with Gasteiger partial charge in [-0.15, -0.1) is 0 Å². The van der Waals surface area contributed by atoms with Crippen molar-refractivity contribution >= 4 is 28.8 Å². The van der Waals surface area contributed by atoms with Crippen LogP contribution in [0, 0.1) is 0 Å². The molecule has 1 aliphatic rings. The van der Waals surface area contributed by atoms with Crippen LogP contribution < -0.4 is 5.69 Å². The number of fused-ring (bicyclic) bond motifs is 1. The molecule has 2 aromatic rings. The SMILES string of the molecule is O=C(O)c1ccc2c(c1)[nH]c(=O)n2C1CCSC1. The highest BCUT2D eigenvalue weighted by molar-refractivity contribution is 7.99. The average Bonchev–Trinajstić information content (AvgIpc) is 2.93. The summed E-state index contributed by atoms with van der Waals surface area (Å²) in [7, 11) is 0. The van der Waals surface area contributed by atoms with Crippen LogP contribution in [0.4, 0.5) is 0 Å². The minimum Gasteiger partial charge on any atom is -0.478 e. The summed E-state index contributed by atoms with van der Waals surface area (Å²) in [6.45, 7) is 0. The molecule has 2 heterocycles. The zero-order valence-electron chi connectivity index (χ0n) is 9.55. The van der Waals surface area contributed by atoms with Gasteiger partial charge in [-0.25, -0.2) is 9.59 Å². The zero-order chi connectivity index (χ0) is 12.7. The number of imidazole rings is 1. The number of nitrogens with one attached hydrogen (secondary N) is 1. The largest absolute Gasteiger partial charge is 0.478 e. The average molecular weight is 264 g/mol. The number of carbonyl (C=O) groups is 1. The van der Waals surface area contributed by atoms with E-state index < -0.39 is 5.97 Å². The van der Waals surface area contributed by atoms with Crippen LogP contribution in [0.25, 0.3) is 11.0 Å². The fourth-order valence-corrected chi connectivity index (χ4v) is 3.55. The van der Waals surface area contributed by atoms with Crippen molar-refractivity contribution in [3.8, 4) is 0 Å². The molecule has 1 saturated heterocycles. The molecule has 1 atom stereocenters. The number of hydrogen-bond donors (Lipinski definition) is 2. The van der Waals surface area contributed by atoms with Crippen LogP contribution in [0.3, 0.4) is 0 Å². The van der Waals surface area contributed by atoms with E-state index in [2.05, 4.69) is 4.98 Å². The van der Waals surface area contributed by atoms with Crippen molar-refractivity contribution in [1.82, 2.24) is 9.55 Å².